The molecule has 1 aliphatic rings. The van der Waals surface area contributed by atoms with E-state index in [2.05, 4.69) is 26.6 Å². The van der Waals surface area contributed by atoms with Gasteiger partial charge in [-0.05, 0) is 24.6 Å². The van der Waals surface area contributed by atoms with E-state index in [4.69, 9.17) is 5.11 Å². The van der Waals surface area contributed by atoms with Gasteiger partial charge in [0.2, 0.25) is 5.91 Å². The van der Waals surface area contributed by atoms with E-state index in [1.54, 1.807) is 6.07 Å². The molecule has 0 radical (unpaired) electrons. The third kappa shape index (κ3) is 2.76. The number of nitrogens with one attached hydrogen (secondary N) is 2. The number of anilines is 2. The van der Waals surface area contributed by atoms with Crippen LogP contribution in [-0.4, -0.2) is 23.0 Å². The molecule has 0 bridgehead atoms. The maximum atomic E-state index is 11.7. The van der Waals surface area contributed by atoms with Crippen molar-refractivity contribution in [1.82, 2.24) is 0 Å². The fourth-order valence-electron chi connectivity index (χ4n) is 1.69. The summed E-state index contributed by atoms with van der Waals surface area (Å²) in [5.74, 6) is -1.10. The Bertz CT molecular complexity index is 476. The number of amides is 1. The van der Waals surface area contributed by atoms with Gasteiger partial charge < -0.3 is 15.7 Å². The smallest absolute Gasteiger partial charge is 0.303 e. The van der Waals surface area contributed by atoms with Crippen LogP contribution in [0, 0.1) is 0 Å². The number of carbonyl (C=O) groups excluding carboxylic acids is 1. The molecule has 1 unspecified atom stereocenters. The van der Waals surface area contributed by atoms with Crippen molar-refractivity contribution >= 4 is 39.2 Å². The van der Waals surface area contributed by atoms with E-state index in [0.29, 0.717) is 5.69 Å². The zero-order chi connectivity index (χ0) is 12.4. The van der Waals surface area contributed by atoms with Gasteiger partial charge >= 0.3 is 5.97 Å². The second-order valence-electron chi connectivity index (χ2n) is 3.81. The highest BCUT2D eigenvalue weighted by Gasteiger charge is 2.25. The van der Waals surface area contributed by atoms with Crippen molar-refractivity contribution in [3.8, 4) is 0 Å². The molecule has 0 saturated heterocycles. The first-order valence-electron chi connectivity index (χ1n) is 5.15. The van der Waals surface area contributed by atoms with Crippen molar-refractivity contribution in [1.29, 1.82) is 0 Å². The lowest BCUT2D eigenvalue weighted by Crippen LogP contribution is -2.39. The van der Waals surface area contributed by atoms with E-state index in [1.165, 1.54) is 0 Å². The molecule has 90 valence electrons. The number of carboxylic acids is 1. The molecule has 1 heterocycles. The molecule has 1 aromatic rings. The van der Waals surface area contributed by atoms with Crippen molar-refractivity contribution in [2.45, 2.75) is 18.9 Å². The quantitative estimate of drug-likeness (QED) is 0.798. The molecule has 1 aliphatic heterocycles. The van der Waals surface area contributed by atoms with Crippen LogP contribution in [-0.2, 0) is 9.59 Å². The predicted octanol–water partition coefficient (Wildman–Crippen LogP) is 2.05. The lowest BCUT2D eigenvalue weighted by atomic mass is 10.1. The van der Waals surface area contributed by atoms with Crippen molar-refractivity contribution < 1.29 is 14.7 Å². The topological polar surface area (TPSA) is 78.4 Å². The standard InChI is InChI=1S/C11H11BrN2O3/c12-6-1-2-7-9(5-6)13-8(11(17)14-7)3-4-10(15)16/h1-2,5,8,13H,3-4H2,(H,14,17)(H,15,16). The first kappa shape index (κ1) is 11.9. The average Bonchev–Trinajstić information content (AvgIpc) is 2.26. The molecule has 1 amide bonds. The van der Waals surface area contributed by atoms with Gasteiger partial charge in [0.05, 0.1) is 11.4 Å². The van der Waals surface area contributed by atoms with E-state index in [0.717, 1.165) is 10.2 Å². The summed E-state index contributed by atoms with van der Waals surface area (Å²) in [4.78, 5) is 22.2. The van der Waals surface area contributed by atoms with Crippen LogP contribution in [0.15, 0.2) is 22.7 Å². The van der Waals surface area contributed by atoms with Gasteiger partial charge in [-0.15, -0.1) is 0 Å². The number of aliphatic carboxylic acids is 1. The minimum atomic E-state index is -0.903. The third-order valence-electron chi connectivity index (χ3n) is 2.53. The Kier molecular flexibility index (Phi) is 3.33. The summed E-state index contributed by atoms with van der Waals surface area (Å²) in [6.45, 7) is 0. The van der Waals surface area contributed by atoms with E-state index in [-0.39, 0.29) is 18.7 Å². The fraction of sp³-hybridized carbons (Fsp3) is 0.273. The minimum Gasteiger partial charge on any atom is -0.481 e. The highest BCUT2D eigenvalue weighted by atomic mass is 79.9. The molecule has 1 atom stereocenters. The molecule has 0 fully saturated rings. The van der Waals surface area contributed by atoms with Crippen LogP contribution in [0.2, 0.25) is 0 Å². The van der Waals surface area contributed by atoms with Crippen LogP contribution >= 0.6 is 15.9 Å². The van der Waals surface area contributed by atoms with Gasteiger partial charge in [0.25, 0.3) is 0 Å². The van der Waals surface area contributed by atoms with Gasteiger partial charge in [-0.3, -0.25) is 9.59 Å². The monoisotopic (exact) mass is 298 g/mol. The zero-order valence-corrected chi connectivity index (χ0v) is 10.5. The first-order chi connectivity index (χ1) is 8.06. The molecular formula is C11H11BrN2O3. The lowest BCUT2D eigenvalue weighted by Gasteiger charge is -2.26. The van der Waals surface area contributed by atoms with Crippen molar-refractivity contribution in [2.75, 3.05) is 10.6 Å². The van der Waals surface area contributed by atoms with Gasteiger partial charge in [-0.2, -0.15) is 0 Å². The van der Waals surface area contributed by atoms with Gasteiger partial charge in [0.15, 0.2) is 0 Å². The van der Waals surface area contributed by atoms with Crippen LogP contribution in [0.25, 0.3) is 0 Å². The van der Waals surface area contributed by atoms with Crippen molar-refractivity contribution in [2.24, 2.45) is 0 Å². The van der Waals surface area contributed by atoms with Gasteiger partial charge in [-0.1, -0.05) is 15.9 Å². The van der Waals surface area contributed by atoms with E-state index < -0.39 is 12.0 Å². The Labute approximate surface area is 106 Å². The second kappa shape index (κ2) is 4.75. The van der Waals surface area contributed by atoms with Crippen LogP contribution in [0.5, 0.6) is 0 Å². The maximum Gasteiger partial charge on any atom is 0.303 e. The summed E-state index contributed by atoms with van der Waals surface area (Å²) in [5.41, 5.74) is 1.51. The molecule has 17 heavy (non-hydrogen) atoms. The number of benzene rings is 1. The van der Waals surface area contributed by atoms with Crippen LogP contribution < -0.4 is 10.6 Å². The molecule has 0 aromatic heterocycles. The summed E-state index contributed by atoms with van der Waals surface area (Å²) >= 11 is 3.34. The number of carbonyl (C=O) groups is 2. The molecule has 5 nitrogen and oxygen atoms in total. The number of carboxylic acid groups (broad SMARTS) is 1. The van der Waals surface area contributed by atoms with E-state index >= 15 is 0 Å². The largest absolute Gasteiger partial charge is 0.481 e. The molecule has 6 heteroatoms. The van der Waals surface area contributed by atoms with Crippen molar-refractivity contribution in [3.63, 3.8) is 0 Å². The SMILES string of the molecule is O=C(O)CCC1Nc2cc(Br)ccc2NC1=O. The Morgan fingerprint density at radius 3 is 2.88 bits per heavy atom. The summed E-state index contributed by atoms with van der Waals surface area (Å²) in [6, 6.07) is 4.98. The predicted molar refractivity (Wildman–Crippen MR) is 67.1 cm³/mol. The number of hydrogen-bond acceptors (Lipinski definition) is 3. The second-order valence-corrected chi connectivity index (χ2v) is 4.72. The molecule has 0 spiro atoms. The number of halogens is 1. The molecule has 0 saturated carbocycles. The minimum absolute atomic E-state index is 0.0333. The molecular weight excluding hydrogens is 288 g/mol. The molecule has 3 N–H and O–H groups in total. The van der Waals surface area contributed by atoms with Gasteiger partial charge in [0, 0.05) is 10.9 Å². The average molecular weight is 299 g/mol. The van der Waals surface area contributed by atoms with Gasteiger partial charge in [-0.25, -0.2) is 0 Å². The Balaban J connectivity index is 2.14. The summed E-state index contributed by atoms with van der Waals surface area (Å²) in [6.07, 6.45) is 0.238. The fourth-order valence-corrected chi connectivity index (χ4v) is 2.05. The van der Waals surface area contributed by atoms with Crippen LogP contribution in [0.1, 0.15) is 12.8 Å². The Hall–Kier alpha value is -1.56. The van der Waals surface area contributed by atoms with Crippen LogP contribution in [0.3, 0.4) is 0 Å². The van der Waals surface area contributed by atoms with E-state index in [9.17, 15) is 9.59 Å². The lowest BCUT2D eigenvalue weighted by molar-refractivity contribution is -0.137. The van der Waals surface area contributed by atoms with Crippen molar-refractivity contribution in [3.05, 3.63) is 22.7 Å². The third-order valence-corrected chi connectivity index (χ3v) is 3.03. The summed E-state index contributed by atoms with van der Waals surface area (Å²) in [5, 5.41) is 14.4. The number of hydrogen-bond donors (Lipinski definition) is 3. The highest BCUT2D eigenvalue weighted by Crippen LogP contribution is 2.30. The zero-order valence-electron chi connectivity index (χ0n) is 8.87. The summed E-state index contributed by atoms with van der Waals surface area (Å²) < 4.78 is 0.900. The number of fused-ring (bicyclic) bond motifs is 1. The molecule has 1 aromatic carbocycles. The first-order valence-corrected chi connectivity index (χ1v) is 5.94. The molecule has 2 rings (SSSR count). The van der Waals surface area contributed by atoms with Crippen LogP contribution in [0.4, 0.5) is 11.4 Å². The highest BCUT2D eigenvalue weighted by molar-refractivity contribution is 9.10. The maximum absolute atomic E-state index is 11.7. The normalized spacial score (nSPS) is 17.9. The summed E-state index contributed by atoms with van der Waals surface area (Å²) in [7, 11) is 0. The number of rotatable bonds is 3. The van der Waals surface area contributed by atoms with E-state index in [1.807, 2.05) is 12.1 Å². The van der Waals surface area contributed by atoms with Gasteiger partial charge in [0.1, 0.15) is 6.04 Å². The Morgan fingerprint density at radius 2 is 2.18 bits per heavy atom. The Morgan fingerprint density at radius 1 is 1.41 bits per heavy atom. The molecule has 0 aliphatic carbocycles.